The van der Waals surface area contributed by atoms with Crippen molar-refractivity contribution in [1.82, 2.24) is 0 Å². The first-order valence-electron chi connectivity index (χ1n) is 5.78. The standard InChI is InChI=1S/C13H20ClNO/c1-3-4-10(2)9-16-13-6-5-11(8-15)7-12(13)14/h5-7,10H,3-4,8-9,15H2,1-2H3. The Bertz CT molecular complexity index is 328. The van der Waals surface area contributed by atoms with E-state index in [0.29, 0.717) is 17.5 Å². The summed E-state index contributed by atoms with van der Waals surface area (Å²) in [6, 6.07) is 5.70. The number of ether oxygens (including phenoxy) is 1. The predicted octanol–water partition coefficient (Wildman–Crippen LogP) is 3.61. The van der Waals surface area contributed by atoms with Crippen LogP contribution in [0, 0.1) is 5.92 Å². The zero-order valence-electron chi connectivity index (χ0n) is 10.0. The van der Waals surface area contributed by atoms with Crippen molar-refractivity contribution in [2.24, 2.45) is 11.7 Å². The average molecular weight is 242 g/mol. The van der Waals surface area contributed by atoms with Crippen LogP contribution in [0.3, 0.4) is 0 Å². The molecular formula is C13H20ClNO. The van der Waals surface area contributed by atoms with Gasteiger partial charge in [0, 0.05) is 6.54 Å². The van der Waals surface area contributed by atoms with Crippen LogP contribution in [-0.4, -0.2) is 6.61 Å². The summed E-state index contributed by atoms with van der Waals surface area (Å²) in [5.74, 6) is 1.32. The summed E-state index contributed by atoms with van der Waals surface area (Å²) in [6.07, 6.45) is 2.36. The van der Waals surface area contributed by atoms with Gasteiger partial charge in [-0.2, -0.15) is 0 Å². The van der Waals surface area contributed by atoms with Gasteiger partial charge in [-0.25, -0.2) is 0 Å². The summed E-state index contributed by atoms with van der Waals surface area (Å²) in [4.78, 5) is 0. The maximum atomic E-state index is 6.09. The highest BCUT2D eigenvalue weighted by Crippen LogP contribution is 2.26. The molecule has 0 aliphatic rings. The van der Waals surface area contributed by atoms with Gasteiger partial charge >= 0.3 is 0 Å². The van der Waals surface area contributed by atoms with E-state index in [2.05, 4.69) is 13.8 Å². The van der Waals surface area contributed by atoms with Crippen molar-refractivity contribution in [3.8, 4) is 5.75 Å². The Balaban J connectivity index is 2.54. The Labute approximate surface area is 103 Å². The Kier molecular flexibility index (Phi) is 5.64. The van der Waals surface area contributed by atoms with Gasteiger partial charge in [0.15, 0.2) is 0 Å². The minimum Gasteiger partial charge on any atom is -0.492 e. The summed E-state index contributed by atoms with van der Waals surface area (Å²) in [6.45, 7) is 5.59. The molecule has 1 aromatic rings. The topological polar surface area (TPSA) is 35.2 Å². The lowest BCUT2D eigenvalue weighted by atomic mass is 10.1. The van der Waals surface area contributed by atoms with Crippen LogP contribution in [0.25, 0.3) is 0 Å². The van der Waals surface area contributed by atoms with Crippen LogP contribution >= 0.6 is 11.6 Å². The van der Waals surface area contributed by atoms with E-state index in [1.54, 1.807) is 0 Å². The van der Waals surface area contributed by atoms with Crippen LogP contribution < -0.4 is 10.5 Å². The molecule has 0 aromatic heterocycles. The predicted molar refractivity (Wildman–Crippen MR) is 68.9 cm³/mol. The number of halogens is 1. The Morgan fingerprint density at radius 1 is 1.44 bits per heavy atom. The van der Waals surface area contributed by atoms with E-state index < -0.39 is 0 Å². The van der Waals surface area contributed by atoms with Gasteiger partial charge in [-0.15, -0.1) is 0 Å². The fourth-order valence-electron chi connectivity index (χ4n) is 1.60. The molecule has 1 rings (SSSR count). The lowest BCUT2D eigenvalue weighted by Gasteiger charge is -2.13. The highest BCUT2D eigenvalue weighted by atomic mass is 35.5. The molecule has 2 N–H and O–H groups in total. The quantitative estimate of drug-likeness (QED) is 0.826. The van der Waals surface area contributed by atoms with Crippen molar-refractivity contribution in [3.63, 3.8) is 0 Å². The molecule has 0 aliphatic carbocycles. The molecule has 0 fully saturated rings. The normalized spacial score (nSPS) is 12.5. The van der Waals surface area contributed by atoms with E-state index in [4.69, 9.17) is 22.1 Å². The smallest absolute Gasteiger partial charge is 0.137 e. The van der Waals surface area contributed by atoms with Gasteiger partial charge in [0.2, 0.25) is 0 Å². The fraction of sp³-hybridized carbons (Fsp3) is 0.538. The zero-order chi connectivity index (χ0) is 12.0. The average Bonchev–Trinajstić information content (AvgIpc) is 2.27. The summed E-state index contributed by atoms with van der Waals surface area (Å²) in [7, 11) is 0. The molecule has 2 nitrogen and oxygen atoms in total. The van der Waals surface area contributed by atoms with Crippen molar-refractivity contribution < 1.29 is 4.74 Å². The summed E-state index contributed by atoms with van der Waals surface area (Å²) >= 11 is 6.09. The third-order valence-corrected chi connectivity index (χ3v) is 2.83. The Hall–Kier alpha value is -0.730. The van der Waals surface area contributed by atoms with Gasteiger partial charge in [0.1, 0.15) is 5.75 Å². The molecule has 0 saturated heterocycles. The van der Waals surface area contributed by atoms with E-state index >= 15 is 0 Å². The van der Waals surface area contributed by atoms with Gasteiger partial charge in [-0.1, -0.05) is 37.9 Å². The van der Waals surface area contributed by atoms with Gasteiger partial charge in [0.05, 0.1) is 11.6 Å². The van der Waals surface area contributed by atoms with Crippen molar-refractivity contribution in [3.05, 3.63) is 28.8 Å². The van der Waals surface area contributed by atoms with Crippen LogP contribution in [0.4, 0.5) is 0 Å². The second kappa shape index (κ2) is 6.77. The van der Waals surface area contributed by atoms with Gasteiger partial charge in [0.25, 0.3) is 0 Å². The molecular weight excluding hydrogens is 222 g/mol. The van der Waals surface area contributed by atoms with E-state index in [1.165, 1.54) is 12.8 Å². The number of rotatable bonds is 6. The summed E-state index contributed by atoms with van der Waals surface area (Å²) in [5, 5.41) is 0.645. The Morgan fingerprint density at radius 3 is 2.75 bits per heavy atom. The molecule has 3 heteroatoms. The van der Waals surface area contributed by atoms with Crippen molar-refractivity contribution in [1.29, 1.82) is 0 Å². The summed E-state index contributed by atoms with van der Waals surface area (Å²) in [5.41, 5.74) is 6.56. The fourth-order valence-corrected chi connectivity index (χ4v) is 1.85. The van der Waals surface area contributed by atoms with Crippen LogP contribution in [0.1, 0.15) is 32.3 Å². The van der Waals surface area contributed by atoms with E-state index in [0.717, 1.165) is 17.9 Å². The second-order valence-corrected chi connectivity index (χ2v) is 4.58. The first-order valence-corrected chi connectivity index (χ1v) is 6.16. The number of nitrogens with two attached hydrogens (primary N) is 1. The number of hydrogen-bond acceptors (Lipinski definition) is 2. The van der Waals surface area contributed by atoms with Gasteiger partial charge < -0.3 is 10.5 Å². The lowest BCUT2D eigenvalue weighted by Crippen LogP contribution is -2.08. The monoisotopic (exact) mass is 241 g/mol. The third kappa shape index (κ3) is 4.03. The SMILES string of the molecule is CCCC(C)COc1ccc(CN)cc1Cl. The molecule has 0 amide bonds. The van der Waals surface area contributed by atoms with Crippen molar-refractivity contribution >= 4 is 11.6 Å². The zero-order valence-corrected chi connectivity index (χ0v) is 10.8. The molecule has 16 heavy (non-hydrogen) atoms. The van der Waals surface area contributed by atoms with Crippen LogP contribution in [0.2, 0.25) is 5.02 Å². The molecule has 1 atom stereocenters. The highest BCUT2D eigenvalue weighted by Gasteiger charge is 2.05. The highest BCUT2D eigenvalue weighted by molar-refractivity contribution is 6.32. The summed E-state index contributed by atoms with van der Waals surface area (Å²) < 4.78 is 5.68. The largest absolute Gasteiger partial charge is 0.492 e. The maximum absolute atomic E-state index is 6.09. The number of benzene rings is 1. The Morgan fingerprint density at radius 2 is 2.19 bits per heavy atom. The minimum absolute atomic E-state index is 0.506. The van der Waals surface area contributed by atoms with Crippen LogP contribution in [-0.2, 0) is 6.54 Å². The van der Waals surface area contributed by atoms with E-state index in [-0.39, 0.29) is 0 Å². The van der Waals surface area contributed by atoms with E-state index in [1.807, 2.05) is 18.2 Å². The molecule has 0 spiro atoms. The van der Waals surface area contributed by atoms with Gasteiger partial charge in [-0.3, -0.25) is 0 Å². The number of hydrogen-bond donors (Lipinski definition) is 1. The molecule has 0 heterocycles. The van der Waals surface area contributed by atoms with Crippen LogP contribution in [0.15, 0.2) is 18.2 Å². The molecule has 90 valence electrons. The molecule has 0 saturated carbocycles. The van der Waals surface area contributed by atoms with Crippen molar-refractivity contribution in [2.45, 2.75) is 33.2 Å². The second-order valence-electron chi connectivity index (χ2n) is 4.17. The van der Waals surface area contributed by atoms with E-state index in [9.17, 15) is 0 Å². The minimum atomic E-state index is 0.506. The molecule has 1 aromatic carbocycles. The molecule has 0 aliphatic heterocycles. The maximum Gasteiger partial charge on any atom is 0.137 e. The first-order chi connectivity index (χ1) is 7.67. The molecule has 0 radical (unpaired) electrons. The van der Waals surface area contributed by atoms with Crippen LogP contribution in [0.5, 0.6) is 5.75 Å². The first kappa shape index (κ1) is 13.3. The van der Waals surface area contributed by atoms with Crippen molar-refractivity contribution in [2.75, 3.05) is 6.61 Å². The van der Waals surface area contributed by atoms with Gasteiger partial charge in [-0.05, 0) is 30.0 Å². The molecule has 0 bridgehead atoms. The molecule has 1 unspecified atom stereocenters. The third-order valence-electron chi connectivity index (χ3n) is 2.54. The lowest BCUT2D eigenvalue weighted by molar-refractivity contribution is 0.251.